The third kappa shape index (κ3) is 4.08. The van der Waals surface area contributed by atoms with E-state index in [4.69, 9.17) is 5.11 Å². The van der Waals surface area contributed by atoms with Gasteiger partial charge in [-0.15, -0.1) is 0 Å². The molecule has 0 spiro atoms. The zero-order valence-electron chi connectivity index (χ0n) is 13.0. The average Bonchev–Trinajstić information content (AvgIpc) is 2.45. The van der Waals surface area contributed by atoms with Crippen molar-refractivity contribution in [2.45, 2.75) is 26.8 Å². The molecule has 1 heterocycles. The first-order valence-electron chi connectivity index (χ1n) is 7.48. The van der Waals surface area contributed by atoms with Crippen LogP contribution >= 0.6 is 0 Å². The van der Waals surface area contributed by atoms with Crippen LogP contribution in [-0.2, 0) is 4.79 Å². The summed E-state index contributed by atoms with van der Waals surface area (Å²) in [4.78, 5) is 15.5. The molecule has 0 unspecified atom stereocenters. The van der Waals surface area contributed by atoms with E-state index in [1.54, 1.807) is 6.08 Å². The lowest BCUT2D eigenvalue weighted by molar-refractivity contribution is -0.131. The third-order valence-electron chi connectivity index (χ3n) is 4.02. The van der Waals surface area contributed by atoms with Gasteiger partial charge in [-0.05, 0) is 50.1 Å². The number of aliphatic carboxylic acids is 1. The van der Waals surface area contributed by atoms with Gasteiger partial charge >= 0.3 is 5.97 Å². The van der Waals surface area contributed by atoms with Gasteiger partial charge < -0.3 is 10.0 Å². The molecule has 0 aliphatic carbocycles. The van der Waals surface area contributed by atoms with Crippen LogP contribution in [0.3, 0.4) is 0 Å². The number of carboxylic acid groups (broad SMARTS) is 1. The van der Waals surface area contributed by atoms with Crippen LogP contribution in [0.2, 0.25) is 0 Å². The van der Waals surface area contributed by atoms with Gasteiger partial charge in [0.25, 0.3) is 0 Å². The Morgan fingerprint density at radius 1 is 1.24 bits per heavy atom. The fourth-order valence-corrected chi connectivity index (χ4v) is 2.78. The Morgan fingerprint density at radius 3 is 2.43 bits per heavy atom. The molecule has 1 aromatic carbocycles. The van der Waals surface area contributed by atoms with Gasteiger partial charge in [-0.2, -0.15) is 0 Å². The van der Waals surface area contributed by atoms with Crippen molar-refractivity contribution in [2.75, 3.05) is 31.1 Å². The molecule has 1 aliphatic rings. The van der Waals surface area contributed by atoms with Gasteiger partial charge in [0.1, 0.15) is 0 Å². The second-order valence-electron chi connectivity index (χ2n) is 5.83. The first kappa shape index (κ1) is 15.6. The number of rotatable bonds is 4. The average molecular weight is 288 g/mol. The minimum atomic E-state index is -0.915. The molecule has 0 atom stereocenters. The van der Waals surface area contributed by atoms with Gasteiger partial charge in [-0.25, -0.2) is 4.79 Å². The van der Waals surface area contributed by atoms with Crippen LogP contribution < -0.4 is 4.90 Å². The second kappa shape index (κ2) is 6.76. The molecule has 1 N–H and O–H groups in total. The quantitative estimate of drug-likeness (QED) is 0.865. The highest BCUT2D eigenvalue weighted by atomic mass is 16.4. The zero-order valence-corrected chi connectivity index (χ0v) is 13.0. The molecule has 21 heavy (non-hydrogen) atoms. The van der Waals surface area contributed by atoms with Gasteiger partial charge in [0.05, 0.1) is 0 Å². The Bertz CT molecular complexity index is 530. The minimum Gasteiger partial charge on any atom is -0.478 e. The fourth-order valence-electron chi connectivity index (χ4n) is 2.78. The number of benzene rings is 1. The van der Waals surface area contributed by atoms with Gasteiger partial charge in [0, 0.05) is 44.0 Å². The Balaban J connectivity index is 2.06. The molecule has 114 valence electrons. The number of carboxylic acids is 1. The molecule has 1 aromatic rings. The van der Waals surface area contributed by atoms with E-state index in [2.05, 4.69) is 36.6 Å². The Kier molecular flexibility index (Phi) is 5.02. The summed E-state index contributed by atoms with van der Waals surface area (Å²) in [5.41, 5.74) is 3.38. The van der Waals surface area contributed by atoms with E-state index >= 15 is 0 Å². The van der Waals surface area contributed by atoms with Crippen molar-refractivity contribution < 1.29 is 9.90 Å². The van der Waals surface area contributed by atoms with Crippen molar-refractivity contribution in [1.82, 2.24) is 4.90 Å². The number of hydrogen-bond donors (Lipinski definition) is 1. The summed E-state index contributed by atoms with van der Waals surface area (Å²) >= 11 is 0. The van der Waals surface area contributed by atoms with Crippen molar-refractivity contribution in [3.05, 3.63) is 35.4 Å². The number of piperazine rings is 1. The second-order valence-corrected chi connectivity index (χ2v) is 5.83. The van der Waals surface area contributed by atoms with Gasteiger partial charge in [0.15, 0.2) is 0 Å². The predicted octanol–water partition coefficient (Wildman–Crippen LogP) is 2.62. The maximum atomic E-state index is 10.6. The Labute approximate surface area is 126 Å². The maximum Gasteiger partial charge on any atom is 0.328 e. The number of aryl methyl sites for hydroxylation is 1. The van der Waals surface area contributed by atoms with Gasteiger partial charge in [0.2, 0.25) is 0 Å². The topological polar surface area (TPSA) is 43.8 Å². The van der Waals surface area contributed by atoms with E-state index < -0.39 is 5.97 Å². The van der Waals surface area contributed by atoms with Crippen LogP contribution in [-0.4, -0.2) is 48.2 Å². The maximum absolute atomic E-state index is 10.6. The Morgan fingerprint density at radius 2 is 1.90 bits per heavy atom. The first-order chi connectivity index (χ1) is 9.97. The van der Waals surface area contributed by atoms with Crippen molar-refractivity contribution in [3.63, 3.8) is 0 Å². The van der Waals surface area contributed by atoms with E-state index in [-0.39, 0.29) is 0 Å². The monoisotopic (exact) mass is 288 g/mol. The first-order valence-corrected chi connectivity index (χ1v) is 7.48. The summed E-state index contributed by atoms with van der Waals surface area (Å²) in [6.45, 7) is 10.8. The van der Waals surface area contributed by atoms with Crippen LogP contribution in [0.15, 0.2) is 24.3 Å². The van der Waals surface area contributed by atoms with Gasteiger partial charge in [-0.1, -0.05) is 6.07 Å². The molecule has 0 aromatic heterocycles. The summed E-state index contributed by atoms with van der Waals surface area (Å²) in [6, 6.07) is 6.74. The standard InChI is InChI=1S/C17H24N2O2/c1-13(2)18-8-10-19(11-9-18)16-6-4-15(12-14(16)3)5-7-17(20)21/h4-7,12-13H,8-11H2,1-3H3,(H,20,21). The molecule has 2 rings (SSSR count). The van der Waals surface area contributed by atoms with Crippen LogP contribution in [0.4, 0.5) is 5.69 Å². The van der Waals surface area contributed by atoms with Crippen molar-refractivity contribution in [2.24, 2.45) is 0 Å². The third-order valence-corrected chi connectivity index (χ3v) is 4.02. The summed E-state index contributed by atoms with van der Waals surface area (Å²) in [5.74, 6) is -0.915. The summed E-state index contributed by atoms with van der Waals surface area (Å²) in [7, 11) is 0. The molecule has 0 saturated carbocycles. The van der Waals surface area contributed by atoms with Crippen molar-refractivity contribution >= 4 is 17.7 Å². The highest BCUT2D eigenvalue weighted by Crippen LogP contribution is 2.23. The molecular weight excluding hydrogens is 264 g/mol. The molecule has 4 heteroatoms. The molecule has 0 radical (unpaired) electrons. The molecule has 0 bridgehead atoms. The molecule has 1 saturated heterocycles. The number of anilines is 1. The van der Waals surface area contributed by atoms with Crippen LogP contribution in [0.5, 0.6) is 0 Å². The Hall–Kier alpha value is -1.81. The SMILES string of the molecule is Cc1cc(C=CC(=O)O)ccc1N1CCN(C(C)C)CC1. The number of nitrogens with zero attached hydrogens (tertiary/aromatic N) is 2. The van der Waals surface area contributed by atoms with Crippen LogP contribution in [0.1, 0.15) is 25.0 Å². The zero-order chi connectivity index (χ0) is 15.4. The molecule has 4 nitrogen and oxygen atoms in total. The normalized spacial score (nSPS) is 16.9. The summed E-state index contributed by atoms with van der Waals surface area (Å²) in [5, 5.41) is 8.67. The largest absolute Gasteiger partial charge is 0.478 e. The van der Waals surface area contributed by atoms with E-state index in [1.165, 1.54) is 17.3 Å². The van der Waals surface area contributed by atoms with Gasteiger partial charge in [-0.3, -0.25) is 4.90 Å². The minimum absolute atomic E-state index is 0.608. The number of hydrogen-bond acceptors (Lipinski definition) is 3. The lowest BCUT2D eigenvalue weighted by Crippen LogP contribution is -2.49. The van der Waals surface area contributed by atoms with Crippen LogP contribution in [0, 0.1) is 6.92 Å². The lowest BCUT2D eigenvalue weighted by atomic mass is 10.1. The summed E-state index contributed by atoms with van der Waals surface area (Å²) in [6.07, 6.45) is 2.81. The highest BCUT2D eigenvalue weighted by Gasteiger charge is 2.19. The number of carbonyl (C=O) groups is 1. The molecule has 1 aliphatic heterocycles. The van der Waals surface area contributed by atoms with E-state index in [0.717, 1.165) is 31.7 Å². The van der Waals surface area contributed by atoms with E-state index in [9.17, 15) is 4.79 Å². The fraction of sp³-hybridized carbons (Fsp3) is 0.471. The smallest absolute Gasteiger partial charge is 0.328 e. The predicted molar refractivity (Wildman–Crippen MR) is 86.8 cm³/mol. The van der Waals surface area contributed by atoms with Crippen LogP contribution in [0.25, 0.3) is 6.08 Å². The van der Waals surface area contributed by atoms with Crippen molar-refractivity contribution in [1.29, 1.82) is 0 Å². The molecular formula is C17H24N2O2. The van der Waals surface area contributed by atoms with Crippen molar-refractivity contribution in [3.8, 4) is 0 Å². The van der Waals surface area contributed by atoms with E-state index in [0.29, 0.717) is 6.04 Å². The molecule has 1 fully saturated rings. The highest BCUT2D eigenvalue weighted by molar-refractivity contribution is 5.85. The molecule has 0 amide bonds. The van der Waals surface area contributed by atoms with E-state index in [1.807, 2.05) is 12.1 Å². The summed E-state index contributed by atoms with van der Waals surface area (Å²) < 4.78 is 0. The lowest BCUT2D eigenvalue weighted by Gasteiger charge is -2.38.